The molecule has 1 atom stereocenters. The van der Waals surface area contributed by atoms with Crippen LogP contribution in [0, 0.1) is 5.82 Å². The van der Waals surface area contributed by atoms with Crippen molar-refractivity contribution >= 4 is 21.8 Å². The van der Waals surface area contributed by atoms with Crippen molar-refractivity contribution in [2.75, 3.05) is 13.1 Å². The predicted octanol–water partition coefficient (Wildman–Crippen LogP) is 5.35. The van der Waals surface area contributed by atoms with Gasteiger partial charge in [-0.15, -0.1) is 0 Å². The number of para-hydroxylation sites is 1. The molecule has 0 amide bonds. The Morgan fingerprint density at radius 1 is 0.889 bits per heavy atom. The maximum Gasteiger partial charge on any atom is 0.130 e. The van der Waals surface area contributed by atoms with Gasteiger partial charge in [-0.05, 0) is 55.8 Å². The zero-order chi connectivity index (χ0) is 18.4. The molecule has 1 saturated heterocycles. The maximum absolute atomic E-state index is 13.5. The van der Waals surface area contributed by atoms with Gasteiger partial charge in [-0.25, -0.2) is 4.39 Å². The first-order chi connectivity index (χ1) is 13.2. The molecule has 4 heteroatoms. The SMILES string of the molecule is Oc1c(C(c2ccc(F)cc2)N2CCCC2)ccc2[nH]c3ccccc3c12. The summed E-state index contributed by atoms with van der Waals surface area (Å²) in [5.74, 6) is 0.0707. The molecule has 0 bridgehead atoms. The fourth-order valence-electron chi connectivity index (χ4n) is 4.39. The number of fused-ring (bicyclic) bond motifs is 3. The van der Waals surface area contributed by atoms with Crippen LogP contribution in [0.1, 0.15) is 30.0 Å². The summed E-state index contributed by atoms with van der Waals surface area (Å²) in [6, 6.07) is 18.6. The maximum atomic E-state index is 13.5. The minimum Gasteiger partial charge on any atom is -0.507 e. The van der Waals surface area contributed by atoms with Gasteiger partial charge in [0.2, 0.25) is 0 Å². The molecule has 2 N–H and O–H groups in total. The van der Waals surface area contributed by atoms with Crippen LogP contribution in [-0.2, 0) is 0 Å². The van der Waals surface area contributed by atoms with Crippen LogP contribution in [0.4, 0.5) is 4.39 Å². The van der Waals surface area contributed by atoms with Crippen molar-refractivity contribution in [2.24, 2.45) is 0 Å². The number of H-pyrrole nitrogens is 1. The molecule has 3 aromatic carbocycles. The van der Waals surface area contributed by atoms with E-state index < -0.39 is 0 Å². The van der Waals surface area contributed by atoms with Crippen LogP contribution in [0.15, 0.2) is 60.7 Å². The number of hydrogen-bond acceptors (Lipinski definition) is 2. The van der Waals surface area contributed by atoms with Crippen molar-refractivity contribution in [3.63, 3.8) is 0 Å². The van der Waals surface area contributed by atoms with Gasteiger partial charge >= 0.3 is 0 Å². The smallest absolute Gasteiger partial charge is 0.130 e. The fraction of sp³-hybridized carbons (Fsp3) is 0.217. The van der Waals surface area contributed by atoms with Crippen LogP contribution >= 0.6 is 0 Å². The zero-order valence-corrected chi connectivity index (χ0v) is 15.0. The average molecular weight is 360 g/mol. The molecule has 0 saturated carbocycles. The van der Waals surface area contributed by atoms with E-state index in [0.717, 1.165) is 58.9 Å². The molecule has 0 spiro atoms. The second-order valence-corrected chi connectivity index (χ2v) is 7.29. The van der Waals surface area contributed by atoms with Gasteiger partial charge < -0.3 is 10.1 Å². The van der Waals surface area contributed by atoms with Crippen LogP contribution in [0.5, 0.6) is 5.75 Å². The van der Waals surface area contributed by atoms with E-state index in [4.69, 9.17) is 0 Å². The lowest BCUT2D eigenvalue weighted by atomic mass is 9.94. The number of aromatic hydroxyl groups is 1. The number of hydrogen-bond donors (Lipinski definition) is 2. The van der Waals surface area contributed by atoms with Gasteiger partial charge in [0.15, 0.2) is 0 Å². The van der Waals surface area contributed by atoms with Gasteiger partial charge in [-0.3, -0.25) is 4.90 Å². The Bertz CT molecular complexity index is 1110. The highest BCUT2D eigenvalue weighted by atomic mass is 19.1. The van der Waals surface area contributed by atoms with Crippen molar-refractivity contribution in [2.45, 2.75) is 18.9 Å². The van der Waals surface area contributed by atoms with Crippen LogP contribution in [-0.4, -0.2) is 28.1 Å². The van der Waals surface area contributed by atoms with E-state index in [1.165, 1.54) is 12.1 Å². The molecule has 1 aliphatic heterocycles. The van der Waals surface area contributed by atoms with Gasteiger partial charge in [0, 0.05) is 21.9 Å². The number of aromatic amines is 1. The number of halogens is 1. The molecule has 3 nitrogen and oxygen atoms in total. The summed E-state index contributed by atoms with van der Waals surface area (Å²) in [6.07, 6.45) is 2.29. The molecule has 4 aromatic rings. The monoisotopic (exact) mass is 360 g/mol. The highest BCUT2D eigenvalue weighted by Crippen LogP contribution is 2.42. The number of nitrogens with one attached hydrogen (secondary N) is 1. The molecule has 0 radical (unpaired) electrons. The van der Waals surface area contributed by atoms with E-state index in [2.05, 4.69) is 9.88 Å². The van der Waals surface area contributed by atoms with Gasteiger partial charge in [-0.2, -0.15) is 0 Å². The van der Waals surface area contributed by atoms with Gasteiger partial charge in [0.25, 0.3) is 0 Å². The predicted molar refractivity (Wildman–Crippen MR) is 107 cm³/mol. The van der Waals surface area contributed by atoms with Crippen molar-refractivity contribution in [3.8, 4) is 5.75 Å². The summed E-state index contributed by atoms with van der Waals surface area (Å²) >= 11 is 0. The van der Waals surface area contributed by atoms with Crippen molar-refractivity contribution in [1.29, 1.82) is 0 Å². The fourth-order valence-corrected chi connectivity index (χ4v) is 4.39. The highest BCUT2D eigenvalue weighted by molar-refractivity contribution is 6.10. The third kappa shape index (κ3) is 2.68. The summed E-state index contributed by atoms with van der Waals surface area (Å²) in [6.45, 7) is 1.96. The van der Waals surface area contributed by atoms with Crippen molar-refractivity contribution in [3.05, 3.63) is 77.6 Å². The first-order valence-electron chi connectivity index (χ1n) is 9.44. The molecular weight excluding hydrogens is 339 g/mol. The minimum absolute atomic E-state index is 0.0776. The van der Waals surface area contributed by atoms with Crippen LogP contribution in [0.25, 0.3) is 21.8 Å². The lowest BCUT2D eigenvalue weighted by Crippen LogP contribution is -2.26. The highest BCUT2D eigenvalue weighted by Gasteiger charge is 2.28. The lowest BCUT2D eigenvalue weighted by molar-refractivity contribution is 0.275. The largest absolute Gasteiger partial charge is 0.507 e. The van der Waals surface area contributed by atoms with Crippen LogP contribution in [0.3, 0.4) is 0 Å². The Balaban J connectivity index is 1.73. The molecule has 0 aliphatic carbocycles. The Morgan fingerprint density at radius 3 is 2.41 bits per heavy atom. The summed E-state index contributed by atoms with van der Waals surface area (Å²) in [5, 5.41) is 13.1. The average Bonchev–Trinajstić information content (AvgIpc) is 3.33. The van der Waals surface area contributed by atoms with Crippen LogP contribution in [0.2, 0.25) is 0 Å². The molecule has 27 heavy (non-hydrogen) atoms. The standard InChI is InChI=1S/C23H21FN2O/c24-16-9-7-15(8-10-16)22(26-13-3-4-14-26)18-11-12-20-21(23(18)27)17-5-1-2-6-19(17)25-20/h1-2,5-12,22,25,27H,3-4,13-14H2. The molecule has 1 fully saturated rings. The lowest BCUT2D eigenvalue weighted by Gasteiger charge is -2.29. The molecule has 2 heterocycles. The zero-order valence-electron chi connectivity index (χ0n) is 15.0. The minimum atomic E-state index is -0.241. The normalized spacial score (nSPS) is 16.3. The number of benzene rings is 3. The van der Waals surface area contributed by atoms with Crippen molar-refractivity contribution in [1.82, 2.24) is 9.88 Å². The number of likely N-dealkylation sites (tertiary alicyclic amines) is 1. The molecular formula is C23H21FN2O. The number of phenolic OH excluding ortho intramolecular Hbond substituents is 1. The Hall–Kier alpha value is -2.85. The Kier molecular flexibility index (Phi) is 3.87. The number of phenols is 1. The molecule has 1 aromatic heterocycles. The molecule has 1 unspecified atom stereocenters. The Labute approximate surface area is 157 Å². The number of nitrogens with zero attached hydrogens (tertiary/aromatic N) is 1. The quantitative estimate of drug-likeness (QED) is 0.517. The van der Waals surface area contributed by atoms with Gasteiger partial charge in [-0.1, -0.05) is 36.4 Å². The number of rotatable bonds is 3. The molecule has 1 aliphatic rings. The van der Waals surface area contributed by atoms with E-state index >= 15 is 0 Å². The second kappa shape index (κ2) is 6.39. The summed E-state index contributed by atoms with van der Waals surface area (Å²) in [4.78, 5) is 5.76. The van der Waals surface area contributed by atoms with E-state index in [1.807, 2.05) is 48.5 Å². The van der Waals surface area contributed by atoms with Gasteiger partial charge in [0.1, 0.15) is 11.6 Å². The van der Waals surface area contributed by atoms with Crippen molar-refractivity contribution < 1.29 is 9.50 Å². The van der Waals surface area contributed by atoms with E-state index in [-0.39, 0.29) is 11.9 Å². The number of aromatic nitrogens is 1. The second-order valence-electron chi connectivity index (χ2n) is 7.29. The summed E-state index contributed by atoms with van der Waals surface area (Å²) < 4.78 is 13.5. The third-order valence-corrected chi connectivity index (χ3v) is 5.66. The molecule has 5 rings (SSSR count). The summed E-state index contributed by atoms with van der Waals surface area (Å²) in [5.41, 5.74) is 3.82. The first-order valence-corrected chi connectivity index (χ1v) is 9.44. The topological polar surface area (TPSA) is 39.3 Å². The Morgan fingerprint density at radius 2 is 1.63 bits per heavy atom. The summed E-state index contributed by atoms with van der Waals surface area (Å²) in [7, 11) is 0. The van der Waals surface area contributed by atoms with Crippen LogP contribution < -0.4 is 0 Å². The van der Waals surface area contributed by atoms with E-state index in [9.17, 15) is 9.50 Å². The van der Waals surface area contributed by atoms with E-state index in [0.29, 0.717) is 5.75 Å². The molecule has 136 valence electrons. The van der Waals surface area contributed by atoms with E-state index in [1.54, 1.807) is 0 Å². The van der Waals surface area contributed by atoms with Gasteiger partial charge in [0.05, 0.1) is 11.6 Å². The first kappa shape index (κ1) is 16.3. The third-order valence-electron chi connectivity index (χ3n) is 5.66.